The number of likely N-dealkylation sites (tertiary alicyclic amines) is 2. The summed E-state index contributed by atoms with van der Waals surface area (Å²) in [5.41, 5.74) is 10.4. The number of hydrogen-bond donors (Lipinski definition) is 1. The van der Waals surface area contributed by atoms with E-state index >= 15 is 0 Å². The van der Waals surface area contributed by atoms with Gasteiger partial charge in [0, 0.05) is 75.8 Å². The quantitative estimate of drug-likeness (QED) is 0.217. The number of piperidine rings is 1. The van der Waals surface area contributed by atoms with E-state index in [9.17, 15) is 9.59 Å². The Labute approximate surface area is 275 Å². The second kappa shape index (κ2) is 11.6. The maximum atomic E-state index is 13.8. The summed E-state index contributed by atoms with van der Waals surface area (Å²) in [6.07, 6.45) is 1.71. The van der Waals surface area contributed by atoms with Gasteiger partial charge in [-0.1, -0.05) is 41.9 Å². The van der Waals surface area contributed by atoms with Crippen molar-refractivity contribution < 1.29 is 19.1 Å². The third kappa shape index (κ3) is 4.99. The van der Waals surface area contributed by atoms with E-state index in [4.69, 9.17) is 31.8 Å². The second-order valence-corrected chi connectivity index (χ2v) is 14.0. The van der Waals surface area contributed by atoms with Gasteiger partial charge >= 0.3 is 6.09 Å². The smallest absolute Gasteiger partial charge is 0.410 e. The number of benzene rings is 3. The second-order valence-electron chi connectivity index (χ2n) is 12.6. The third-order valence-electron chi connectivity index (χ3n) is 9.83. The molecule has 3 aliphatic rings. The van der Waals surface area contributed by atoms with Gasteiger partial charge in [-0.05, 0) is 54.7 Å². The Kier molecular flexibility index (Phi) is 7.38. The lowest BCUT2D eigenvalue weighted by atomic mass is 10.0. The molecule has 3 aromatic carbocycles. The van der Waals surface area contributed by atoms with Crippen LogP contribution in [-0.2, 0) is 17.9 Å². The normalized spacial score (nSPS) is 20.9. The Morgan fingerprint density at radius 2 is 1.89 bits per heavy atom. The first-order chi connectivity index (χ1) is 22.4. The molecule has 2 aliphatic heterocycles. The van der Waals surface area contributed by atoms with Gasteiger partial charge in [0.2, 0.25) is 0 Å². The molecule has 11 heteroatoms. The van der Waals surface area contributed by atoms with E-state index in [0.29, 0.717) is 53.9 Å². The molecule has 5 aromatic rings. The number of methoxy groups -OCH3 is 1. The zero-order chi connectivity index (χ0) is 31.5. The molecule has 2 amide bonds. The number of nitrogens with zero attached hydrogens (tertiary/aromatic N) is 4. The van der Waals surface area contributed by atoms with Crippen molar-refractivity contribution in [3.8, 4) is 17.1 Å². The first-order valence-corrected chi connectivity index (χ1v) is 16.9. The highest BCUT2D eigenvalue weighted by atomic mass is 35.5. The lowest BCUT2D eigenvalue weighted by molar-refractivity contribution is 0.0451. The van der Waals surface area contributed by atoms with Crippen LogP contribution in [-0.4, -0.2) is 70.2 Å². The first-order valence-electron chi connectivity index (χ1n) is 15.7. The van der Waals surface area contributed by atoms with Crippen LogP contribution in [0, 0.1) is 11.8 Å². The minimum absolute atomic E-state index is 0.0321. The molecule has 0 unspecified atom stereocenters. The van der Waals surface area contributed by atoms with Crippen molar-refractivity contribution in [1.82, 2.24) is 19.4 Å². The summed E-state index contributed by atoms with van der Waals surface area (Å²) in [4.78, 5) is 35.4. The molecule has 3 fully saturated rings. The monoisotopic (exact) mass is 655 g/mol. The molecule has 0 radical (unpaired) electrons. The van der Waals surface area contributed by atoms with Gasteiger partial charge in [0.15, 0.2) is 0 Å². The summed E-state index contributed by atoms with van der Waals surface area (Å²) in [7, 11) is 1.63. The van der Waals surface area contributed by atoms with E-state index in [0.717, 1.165) is 45.4 Å². The molecule has 4 heterocycles. The Morgan fingerprint density at radius 3 is 2.63 bits per heavy atom. The summed E-state index contributed by atoms with van der Waals surface area (Å²) in [6.45, 7) is 2.69. The van der Waals surface area contributed by atoms with Crippen LogP contribution in [0.5, 0.6) is 5.75 Å². The number of nitrogens with two attached hydrogens (primary N) is 1. The van der Waals surface area contributed by atoms with Crippen LogP contribution in [0.25, 0.3) is 32.5 Å². The van der Waals surface area contributed by atoms with E-state index in [1.807, 2.05) is 65.6 Å². The van der Waals surface area contributed by atoms with Crippen LogP contribution < -0.4 is 10.5 Å². The lowest BCUT2D eigenvalue weighted by Crippen LogP contribution is -2.51. The number of carbonyl (C=O) groups is 2. The molecule has 2 aromatic heterocycles. The first kappa shape index (κ1) is 29.3. The Morgan fingerprint density at radius 1 is 1.07 bits per heavy atom. The highest BCUT2D eigenvalue weighted by Crippen LogP contribution is 2.41. The summed E-state index contributed by atoms with van der Waals surface area (Å²) in [5, 5.41) is 3.78. The Bertz CT molecular complexity index is 1970. The van der Waals surface area contributed by atoms with Gasteiger partial charge in [0.1, 0.15) is 23.7 Å². The van der Waals surface area contributed by atoms with Crippen molar-refractivity contribution in [1.29, 1.82) is 0 Å². The largest absolute Gasteiger partial charge is 0.494 e. The number of hydrogen-bond acceptors (Lipinski definition) is 7. The molecule has 1 saturated carbocycles. The zero-order valence-electron chi connectivity index (χ0n) is 25.4. The number of thiophene rings is 1. The average Bonchev–Trinajstić information content (AvgIpc) is 3.81. The zero-order valence-corrected chi connectivity index (χ0v) is 27.0. The summed E-state index contributed by atoms with van der Waals surface area (Å²) >= 11 is 8.08. The van der Waals surface area contributed by atoms with E-state index in [2.05, 4.69) is 9.95 Å². The van der Waals surface area contributed by atoms with Gasteiger partial charge in [-0.15, -0.1) is 11.3 Å². The van der Waals surface area contributed by atoms with E-state index in [1.165, 1.54) is 0 Å². The summed E-state index contributed by atoms with van der Waals surface area (Å²) < 4.78 is 14.8. The van der Waals surface area contributed by atoms with Gasteiger partial charge in [0.25, 0.3) is 5.91 Å². The van der Waals surface area contributed by atoms with Crippen molar-refractivity contribution >= 4 is 56.1 Å². The minimum atomic E-state index is -0.314. The van der Waals surface area contributed by atoms with Crippen LogP contribution >= 0.6 is 22.9 Å². The number of aromatic nitrogens is 2. The maximum absolute atomic E-state index is 13.8. The number of halogens is 1. The number of rotatable bonds is 7. The topological polar surface area (TPSA) is 103 Å². The average molecular weight is 656 g/mol. The van der Waals surface area contributed by atoms with Crippen LogP contribution in [0.4, 0.5) is 4.79 Å². The highest BCUT2D eigenvalue weighted by Gasteiger charge is 2.47. The molecule has 3 atom stereocenters. The van der Waals surface area contributed by atoms with Crippen LogP contribution in [0.1, 0.15) is 28.8 Å². The van der Waals surface area contributed by atoms with Crippen molar-refractivity contribution in [3.63, 3.8) is 0 Å². The van der Waals surface area contributed by atoms with Crippen molar-refractivity contribution in [2.45, 2.75) is 38.1 Å². The molecule has 236 valence electrons. The van der Waals surface area contributed by atoms with E-state index in [1.54, 1.807) is 23.3 Å². The number of imidazole rings is 1. The fourth-order valence-corrected chi connectivity index (χ4v) is 8.51. The van der Waals surface area contributed by atoms with Crippen molar-refractivity contribution in [2.75, 3.05) is 26.7 Å². The molecule has 2 saturated heterocycles. The van der Waals surface area contributed by atoms with Gasteiger partial charge in [-0.25, -0.2) is 9.78 Å². The molecule has 46 heavy (non-hydrogen) atoms. The molecule has 1 aliphatic carbocycles. The van der Waals surface area contributed by atoms with Crippen LogP contribution in [0.3, 0.4) is 0 Å². The fourth-order valence-electron chi connectivity index (χ4n) is 7.42. The predicted molar refractivity (Wildman–Crippen MR) is 179 cm³/mol. The van der Waals surface area contributed by atoms with Gasteiger partial charge in [-0.3, -0.25) is 4.79 Å². The predicted octanol–water partition coefficient (Wildman–Crippen LogP) is 6.41. The number of fused-ring (bicyclic) bond motifs is 4. The fraction of sp³-hybridized carbons (Fsp3) is 0.343. The Balaban J connectivity index is 1.12. The lowest BCUT2D eigenvalue weighted by Gasteiger charge is -2.38. The number of ether oxygens (including phenoxy) is 2. The SMILES string of the molecule is COc1cc(C(=O)N2C[C@H]3CC[C@@H]2[C@@H]3N)cc2nc(-c3csc4ccc(Cl)cc34)n(CC3CN(C(=O)OCc4ccccc4)C3)c12. The molecule has 9 nitrogen and oxygen atoms in total. The van der Waals surface area contributed by atoms with Gasteiger partial charge in [0.05, 0.1) is 12.6 Å². The van der Waals surface area contributed by atoms with E-state index < -0.39 is 0 Å². The van der Waals surface area contributed by atoms with Crippen LogP contribution in [0.2, 0.25) is 5.02 Å². The van der Waals surface area contributed by atoms with E-state index in [-0.39, 0.29) is 36.6 Å². The third-order valence-corrected chi connectivity index (χ3v) is 11.0. The maximum Gasteiger partial charge on any atom is 0.410 e. The minimum Gasteiger partial charge on any atom is -0.494 e. The van der Waals surface area contributed by atoms with Crippen molar-refractivity contribution in [2.24, 2.45) is 17.6 Å². The molecule has 2 bridgehead atoms. The van der Waals surface area contributed by atoms with Crippen LogP contribution in [0.15, 0.2) is 66.0 Å². The summed E-state index contributed by atoms with van der Waals surface area (Å²) in [5.74, 6) is 1.88. The number of amides is 2. The number of carbonyl (C=O) groups excluding carboxylic acids is 2. The Hall–Kier alpha value is -4.12. The highest BCUT2D eigenvalue weighted by molar-refractivity contribution is 7.17. The standard InChI is InChI=1S/C35H34ClN5O4S/c1-44-29-12-23(34(42)40-17-22-7-9-28(40)31(22)37)11-27-32(29)41(33(38-27)26-19-46-30-10-8-24(36)13-25(26)30)16-21-14-39(15-21)35(43)45-18-20-5-3-2-4-6-20/h2-6,8,10-13,19,21-22,28,31H,7,9,14-18,37H2,1H3/t22-,28-,31-/m1/s1. The van der Waals surface area contributed by atoms with Gasteiger partial charge in [-0.2, -0.15) is 0 Å². The molecule has 0 spiro atoms. The molecular formula is C35H34ClN5O4S. The summed E-state index contributed by atoms with van der Waals surface area (Å²) in [6, 6.07) is 19.4. The van der Waals surface area contributed by atoms with Gasteiger partial charge < -0.3 is 29.6 Å². The van der Waals surface area contributed by atoms with Crippen molar-refractivity contribution in [3.05, 3.63) is 82.2 Å². The molecule has 8 rings (SSSR count). The molecule has 2 N–H and O–H groups in total. The molecular weight excluding hydrogens is 622 g/mol.